The molecule has 0 saturated carbocycles. The monoisotopic (exact) mass is 395 g/mol. The van der Waals surface area contributed by atoms with Crippen molar-refractivity contribution >= 4 is 23.1 Å². The molecule has 5 heteroatoms. The molecule has 0 saturated heterocycles. The van der Waals surface area contributed by atoms with E-state index < -0.39 is 6.04 Å². The van der Waals surface area contributed by atoms with Gasteiger partial charge in [0.15, 0.2) is 5.78 Å². The van der Waals surface area contributed by atoms with E-state index in [0.29, 0.717) is 17.6 Å². The maximum Gasteiger partial charge on any atom is 0.259 e. The van der Waals surface area contributed by atoms with Crippen LogP contribution < -0.4 is 10.2 Å². The van der Waals surface area contributed by atoms with Gasteiger partial charge in [0.2, 0.25) is 0 Å². The van der Waals surface area contributed by atoms with Crippen molar-refractivity contribution in [2.24, 2.45) is 0 Å². The maximum absolute atomic E-state index is 13.8. The first-order valence-corrected chi connectivity index (χ1v) is 10.1. The summed E-state index contributed by atoms with van der Waals surface area (Å²) < 4.78 is 0. The van der Waals surface area contributed by atoms with Crippen molar-refractivity contribution in [1.29, 1.82) is 0 Å². The number of nitrogens with zero attached hydrogens (tertiary/aromatic N) is 2. The maximum atomic E-state index is 13.8. The summed E-state index contributed by atoms with van der Waals surface area (Å²) in [6.45, 7) is 0. The van der Waals surface area contributed by atoms with E-state index in [-0.39, 0.29) is 11.7 Å². The zero-order valence-corrected chi connectivity index (χ0v) is 16.4. The average molecular weight is 395 g/mol. The van der Waals surface area contributed by atoms with E-state index in [4.69, 9.17) is 0 Å². The Bertz CT molecular complexity index is 1140. The molecule has 1 aromatic heterocycles. The van der Waals surface area contributed by atoms with Crippen molar-refractivity contribution in [3.8, 4) is 0 Å². The third-order valence-corrected chi connectivity index (χ3v) is 5.68. The Morgan fingerprint density at radius 1 is 0.967 bits per heavy atom. The van der Waals surface area contributed by atoms with Gasteiger partial charge < -0.3 is 5.32 Å². The Hall–Kier alpha value is -3.73. The van der Waals surface area contributed by atoms with Crippen LogP contribution in [0.3, 0.4) is 0 Å². The predicted octanol–water partition coefficient (Wildman–Crippen LogP) is 4.90. The van der Waals surface area contributed by atoms with E-state index in [1.807, 2.05) is 66.7 Å². The van der Waals surface area contributed by atoms with Gasteiger partial charge in [0.25, 0.3) is 5.91 Å². The van der Waals surface area contributed by atoms with Crippen LogP contribution in [-0.4, -0.2) is 16.7 Å². The normalized spacial score (nSPS) is 18.2. The van der Waals surface area contributed by atoms with Gasteiger partial charge in [-0.1, -0.05) is 36.4 Å². The number of benzene rings is 2. The van der Waals surface area contributed by atoms with Crippen LogP contribution >= 0.6 is 0 Å². The highest BCUT2D eigenvalue weighted by Crippen LogP contribution is 2.45. The van der Waals surface area contributed by atoms with Gasteiger partial charge in [-0.2, -0.15) is 0 Å². The first kappa shape index (κ1) is 18.3. The minimum atomic E-state index is -0.537. The molecule has 2 aliphatic rings. The van der Waals surface area contributed by atoms with E-state index in [0.717, 1.165) is 35.5 Å². The number of rotatable bonds is 2. The lowest BCUT2D eigenvalue weighted by Gasteiger charge is -2.33. The van der Waals surface area contributed by atoms with E-state index in [9.17, 15) is 9.59 Å². The van der Waals surface area contributed by atoms with Crippen LogP contribution in [0.25, 0.3) is 0 Å². The third kappa shape index (κ3) is 3.08. The van der Waals surface area contributed by atoms with Gasteiger partial charge in [-0.25, -0.2) is 0 Å². The van der Waals surface area contributed by atoms with Gasteiger partial charge >= 0.3 is 0 Å². The standard InChI is InChI=1S/C25H21N3O2/c29-22-14-6-12-20-23(22)24(18-10-7-15-26-16-18)28(21-13-5-4-11-19(21)27-20)25(30)17-8-2-1-3-9-17/h1-5,7-11,13,15-16,24,27H,6,12,14H2/t24-/m0/s1. The van der Waals surface area contributed by atoms with Crippen molar-refractivity contribution in [3.05, 3.63) is 102 Å². The van der Waals surface area contributed by atoms with E-state index in [2.05, 4.69) is 10.3 Å². The zero-order valence-electron chi connectivity index (χ0n) is 16.4. The molecule has 5 nitrogen and oxygen atoms in total. The van der Waals surface area contributed by atoms with E-state index in [1.165, 1.54) is 0 Å². The largest absolute Gasteiger partial charge is 0.357 e. The van der Waals surface area contributed by atoms with Gasteiger partial charge in [-0.15, -0.1) is 0 Å². The van der Waals surface area contributed by atoms with Crippen molar-refractivity contribution in [1.82, 2.24) is 4.98 Å². The second kappa shape index (κ2) is 7.59. The van der Waals surface area contributed by atoms with Crippen molar-refractivity contribution in [3.63, 3.8) is 0 Å². The van der Waals surface area contributed by atoms with Gasteiger partial charge in [0.1, 0.15) is 0 Å². The molecule has 0 fully saturated rings. The molecule has 2 aromatic carbocycles. The number of pyridine rings is 1. The fourth-order valence-electron chi connectivity index (χ4n) is 4.33. The number of Topliss-reactive ketones (excluding diaryl/α,β-unsaturated/α-hetero) is 1. The SMILES string of the molecule is O=C1CCCC2=C1[C@H](c1cccnc1)N(C(=O)c1ccccc1)c1ccccc1N2. The third-order valence-electron chi connectivity index (χ3n) is 5.68. The Balaban J connectivity index is 1.78. The quantitative estimate of drug-likeness (QED) is 0.670. The van der Waals surface area contributed by atoms with Crippen molar-refractivity contribution in [2.75, 3.05) is 10.2 Å². The summed E-state index contributed by atoms with van der Waals surface area (Å²) in [7, 11) is 0. The lowest BCUT2D eigenvalue weighted by molar-refractivity contribution is -0.116. The topological polar surface area (TPSA) is 62.3 Å². The molecule has 1 amide bonds. The lowest BCUT2D eigenvalue weighted by atomic mass is 9.86. The molecule has 1 aliphatic carbocycles. The average Bonchev–Trinajstić information content (AvgIpc) is 2.95. The van der Waals surface area contributed by atoms with E-state index in [1.54, 1.807) is 17.3 Å². The molecule has 0 unspecified atom stereocenters. The molecule has 0 radical (unpaired) electrons. The van der Waals surface area contributed by atoms with Crippen LogP contribution in [0.5, 0.6) is 0 Å². The van der Waals surface area contributed by atoms with Crippen LogP contribution in [0.1, 0.15) is 41.2 Å². The molecule has 1 aliphatic heterocycles. The number of nitrogens with one attached hydrogen (secondary N) is 1. The highest BCUT2D eigenvalue weighted by atomic mass is 16.2. The number of amides is 1. The number of fused-ring (bicyclic) bond motifs is 1. The minimum Gasteiger partial charge on any atom is -0.357 e. The van der Waals surface area contributed by atoms with Gasteiger partial charge in [0, 0.05) is 35.6 Å². The second-order valence-corrected chi connectivity index (χ2v) is 7.54. The van der Waals surface area contributed by atoms with Gasteiger partial charge in [0.05, 0.1) is 17.4 Å². The molecule has 1 N–H and O–H groups in total. The second-order valence-electron chi connectivity index (χ2n) is 7.54. The number of aromatic nitrogens is 1. The summed E-state index contributed by atoms with van der Waals surface area (Å²) in [4.78, 5) is 33.0. The molecular weight excluding hydrogens is 374 g/mol. The van der Waals surface area contributed by atoms with Crippen LogP contribution in [0.4, 0.5) is 11.4 Å². The van der Waals surface area contributed by atoms with Crippen LogP contribution in [-0.2, 0) is 4.79 Å². The summed E-state index contributed by atoms with van der Waals surface area (Å²) >= 11 is 0. The van der Waals surface area contributed by atoms with Crippen molar-refractivity contribution in [2.45, 2.75) is 25.3 Å². The van der Waals surface area contributed by atoms with Crippen LogP contribution in [0, 0.1) is 0 Å². The zero-order chi connectivity index (χ0) is 20.5. The highest BCUT2D eigenvalue weighted by molar-refractivity contribution is 6.11. The highest BCUT2D eigenvalue weighted by Gasteiger charge is 2.39. The summed E-state index contributed by atoms with van der Waals surface area (Å²) in [5.74, 6) is -0.0675. The Morgan fingerprint density at radius 3 is 2.57 bits per heavy atom. The molecule has 0 bridgehead atoms. The Morgan fingerprint density at radius 2 is 1.77 bits per heavy atom. The van der Waals surface area contributed by atoms with Crippen molar-refractivity contribution < 1.29 is 9.59 Å². The number of hydrogen-bond donors (Lipinski definition) is 1. The van der Waals surface area contributed by atoms with Crippen LogP contribution in [0.15, 0.2) is 90.4 Å². The number of carbonyl (C=O) groups excluding carboxylic acids is 2. The summed E-state index contributed by atoms with van der Waals surface area (Å²) in [6, 6.07) is 20.2. The summed E-state index contributed by atoms with van der Waals surface area (Å²) in [5, 5.41) is 3.47. The van der Waals surface area contributed by atoms with E-state index >= 15 is 0 Å². The number of ketones is 1. The van der Waals surface area contributed by atoms with Gasteiger partial charge in [-0.05, 0) is 48.7 Å². The van der Waals surface area contributed by atoms with Crippen LogP contribution in [0.2, 0.25) is 0 Å². The first-order chi connectivity index (χ1) is 14.7. The fourth-order valence-corrected chi connectivity index (χ4v) is 4.33. The molecular formula is C25H21N3O2. The first-order valence-electron chi connectivity index (χ1n) is 10.1. The van der Waals surface area contributed by atoms with Gasteiger partial charge in [-0.3, -0.25) is 19.5 Å². The lowest BCUT2D eigenvalue weighted by Crippen LogP contribution is -2.38. The Labute approximate surface area is 175 Å². The summed E-state index contributed by atoms with van der Waals surface area (Å²) in [5.41, 5.74) is 4.54. The number of carbonyl (C=O) groups is 2. The number of anilines is 2. The minimum absolute atomic E-state index is 0.0799. The smallest absolute Gasteiger partial charge is 0.259 e. The molecule has 1 atom stereocenters. The molecule has 30 heavy (non-hydrogen) atoms. The number of hydrogen-bond acceptors (Lipinski definition) is 4. The molecule has 5 rings (SSSR count). The Kier molecular flexibility index (Phi) is 4.64. The number of para-hydroxylation sites is 2. The predicted molar refractivity (Wildman–Crippen MR) is 116 cm³/mol. The molecule has 148 valence electrons. The molecule has 3 aromatic rings. The molecule has 2 heterocycles. The number of allylic oxidation sites excluding steroid dienone is 1. The molecule has 0 spiro atoms. The fraction of sp³-hybridized carbons (Fsp3) is 0.160. The summed E-state index contributed by atoms with van der Waals surface area (Å²) in [6.07, 6.45) is 5.52.